The molecule has 1 fully saturated rings. The van der Waals surface area contributed by atoms with Gasteiger partial charge in [0.2, 0.25) is 0 Å². The SMILES string of the molecule is COC(=O)[C@@H]1O[C@@H]1C(C)C. The van der Waals surface area contributed by atoms with E-state index in [0.717, 1.165) is 0 Å². The van der Waals surface area contributed by atoms with Crippen LogP contribution in [0.2, 0.25) is 0 Å². The lowest BCUT2D eigenvalue weighted by Crippen LogP contribution is -2.14. The number of ether oxygens (including phenoxy) is 2. The molecule has 1 aliphatic heterocycles. The Morgan fingerprint density at radius 1 is 1.60 bits per heavy atom. The van der Waals surface area contributed by atoms with Crippen LogP contribution in [-0.4, -0.2) is 25.3 Å². The van der Waals surface area contributed by atoms with E-state index in [0.29, 0.717) is 5.92 Å². The quantitative estimate of drug-likeness (QED) is 0.420. The summed E-state index contributed by atoms with van der Waals surface area (Å²) < 4.78 is 9.55. The van der Waals surface area contributed by atoms with Gasteiger partial charge in [-0.3, -0.25) is 0 Å². The Morgan fingerprint density at radius 2 is 2.20 bits per heavy atom. The Morgan fingerprint density at radius 3 is 2.50 bits per heavy atom. The fourth-order valence-electron chi connectivity index (χ4n) is 0.936. The average molecular weight is 144 g/mol. The number of rotatable bonds is 2. The lowest BCUT2D eigenvalue weighted by molar-refractivity contribution is -0.142. The second-order valence-corrected chi connectivity index (χ2v) is 2.79. The van der Waals surface area contributed by atoms with Crippen LogP contribution in [0.15, 0.2) is 0 Å². The summed E-state index contributed by atoms with van der Waals surface area (Å²) in [6.45, 7) is 4.04. The van der Waals surface area contributed by atoms with E-state index in [9.17, 15) is 4.79 Å². The molecule has 0 aromatic rings. The van der Waals surface area contributed by atoms with Crippen LogP contribution >= 0.6 is 0 Å². The highest BCUT2D eigenvalue weighted by Crippen LogP contribution is 2.29. The monoisotopic (exact) mass is 144 g/mol. The van der Waals surface area contributed by atoms with Gasteiger partial charge in [-0.15, -0.1) is 0 Å². The molecule has 1 rings (SSSR count). The van der Waals surface area contributed by atoms with E-state index in [4.69, 9.17) is 4.74 Å². The smallest absolute Gasteiger partial charge is 0.337 e. The summed E-state index contributed by atoms with van der Waals surface area (Å²) in [4.78, 5) is 10.7. The molecule has 0 spiro atoms. The number of methoxy groups -OCH3 is 1. The molecule has 1 heterocycles. The van der Waals surface area contributed by atoms with Crippen molar-refractivity contribution in [3.63, 3.8) is 0 Å². The zero-order valence-electron chi connectivity index (χ0n) is 6.46. The summed E-state index contributed by atoms with van der Waals surface area (Å²) in [5.74, 6) is 0.155. The molecule has 1 saturated heterocycles. The first kappa shape index (κ1) is 7.54. The predicted octanol–water partition coefficient (Wildman–Crippen LogP) is 0.583. The summed E-state index contributed by atoms with van der Waals surface area (Å²) in [5.41, 5.74) is 0. The van der Waals surface area contributed by atoms with Crippen LogP contribution in [0.4, 0.5) is 0 Å². The van der Waals surface area contributed by atoms with Crippen LogP contribution in [0.3, 0.4) is 0 Å². The predicted molar refractivity (Wildman–Crippen MR) is 35.5 cm³/mol. The van der Waals surface area contributed by atoms with Gasteiger partial charge >= 0.3 is 5.97 Å². The molecule has 3 nitrogen and oxygen atoms in total. The Kier molecular flexibility index (Phi) is 1.94. The second-order valence-electron chi connectivity index (χ2n) is 2.79. The minimum Gasteiger partial charge on any atom is -0.467 e. The fourth-order valence-corrected chi connectivity index (χ4v) is 0.936. The van der Waals surface area contributed by atoms with E-state index in [1.807, 2.05) is 13.8 Å². The first-order valence-corrected chi connectivity index (χ1v) is 3.40. The van der Waals surface area contributed by atoms with Crippen molar-refractivity contribution >= 4 is 5.97 Å². The average Bonchev–Trinajstić information content (AvgIpc) is 2.64. The van der Waals surface area contributed by atoms with Crippen molar-refractivity contribution in [2.45, 2.75) is 26.1 Å². The molecule has 0 bridgehead atoms. The van der Waals surface area contributed by atoms with Gasteiger partial charge in [0.1, 0.15) is 0 Å². The number of hydrogen-bond donors (Lipinski definition) is 0. The third kappa shape index (κ3) is 1.29. The van der Waals surface area contributed by atoms with Gasteiger partial charge in [-0.1, -0.05) is 13.8 Å². The molecule has 0 aliphatic carbocycles. The Labute approximate surface area is 60.3 Å². The number of hydrogen-bond acceptors (Lipinski definition) is 3. The Bertz CT molecular complexity index is 142. The van der Waals surface area contributed by atoms with Crippen molar-refractivity contribution < 1.29 is 14.3 Å². The molecule has 10 heavy (non-hydrogen) atoms. The van der Waals surface area contributed by atoms with Gasteiger partial charge in [0, 0.05) is 0 Å². The summed E-state index contributed by atoms with van der Waals surface area (Å²) in [5, 5.41) is 0. The van der Waals surface area contributed by atoms with E-state index in [-0.39, 0.29) is 18.2 Å². The van der Waals surface area contributed by atoms with Crippen molar-refractivity contribution in [1.29, 1.82) is 0 Å². The molecule has 0 unspecified atom stereocenters. The molecule has 0 radical (unpaired) electrons. The summed E-state index contributed by atoms with van der Waals surface area (Å²) in [7, 11) is 1.38. The molecule has 3 heteroatoms. The molecule has 58 valence electrons. The van der Waals surface area contributed by atoms with Gasteiger partial charge in [-0.25, -0.2) is 4.79 Å². The van der Waals surface area contributed by atoms with Gasteiger partial charge in [0.25, 0.3) is 0 Å². The third-order valence-electron chi connectivity index (χ3n) is 1.62. The van der Waals surface area contributed by atoms with Gasteiger partial charge in [0.05, 0.1) is 13.2 Å². The highest BCUT2D eigenvalue weighted by atomic mass is 16.6. The maximum Gasteiger partial charge on any atom is 0.337 e. The second kappa shape index (κ2) is 2.58. The van der Waals surface area contributed by atoms with Gasteiger partial charge < -0.3 is 9.47 Å². The summed E-state index contributed by atoms with van der Waals surface area (Å²) in [6.07, 6.45) is -0.197. The van der Waals surface area contributed by atoms with Crippen LogP contribution in [0, 0.1) is 5.92 Å². The van der Waals surface area contributed by atoms with Crippen molar-refractivity contribution in [3.8, 4) is 0 Å². The molecule has 0 aromatic heterocycles. The lowest BCUT2D eigenvalue weighted by atomic mass is 10.1. The van der Waals surface area contributed by atoms with Crippen molar-refractivity contribution in [2.24, 2.45) is 5.92 Å². The minimum absolute atomic E-state index is 0.0902. The highest BCUT2D eigenvalue weighted by Gasteiger charge is 2.47. The number of epoxide rings is 1. The number of carbonyl (C=O) groups is 1. The lowest BCUT2D eigenvalue weighted by Gasteiger charge is -1.95. The normalized spacial score (nSPS) is 30.4. The number of carbonyl (C=O) groups excluding carboxylic acids is 1. The first-order valence-electron chi connectivity index (χ1n) is 3.40. The largest absolute Gasteiger partial charge is 0.467 e. The molecule has 1 aliphatic rings. The van der Waals surface area contributed by atoms with Crippen LogP contribution in [-0.2, 0) is 14.3 Å². The van der Waals surface area contributed by atoms with Gasteiger partial charge in [0.15, 0.2) is 6.10 Å². The molecule has 0 aromatic carbocycles. The Balaban J connectivity index is 2.31. The summed E-state index contributed by atoms with van der Waals surface area (Å²) in [6, 6.07) is 0. The van der Waals surface area contributed by atoms with Crippen molar-refractivity contribution in [1.82, 2.24) is 0 Å². The first-order chi connectivity index (χ1) is 4.66. The van der Waals surface area contributed by atoms with E-state index < -0.39 is 0 Å². The van der Waals surface area contributed by atoms with Gasteiger partial charge in [-0.2, -0.15) is 0 Å². The zero-order chi connectivity index (χ0) is 7.72. The maximum atomic E-state index is 10.7. The van der Waals surface area contributed by atoms with Crippen LogP contribution in [0.25, 0.3) is 0 Å². The standard InChI is InChI=1S/C7H12O3/c1-4(2)5-6(10-5)7(8)9-3/h4-6H,1-3H3/t5-,6-/m1/s1. The third-order valence-corrected chi connectivity index (χ3v) is 1.62. The number of esters is 1. The van der Waals surface area contributed by atoms with E-state index in [1.54, 1.807) is 0 Å². The van der Waals surface area contributed by atoms with Crippen LogP contribution in [0.5, 0.6) is 0 Å². The zero-order valence-corrected chi connectivity index (χ0v) is 6.46. The maximum absolute atomic E-state index is 10.7. The highest BCUT2D eigenvalue weighted by molar-refractivity contribution is 5.77. The topological polar surface area (TPSA) is 38.8 Å². The fraction of sp³-hybridized carbons (Fsp3) is 0.857. The minimum atomic E-state index is -0.287. The van der Waals surface area contributed by atoms with Crippen molar-refractivity contribution in [3.05, 3.63) is 0 Å². The molecular formula is C7H12O3. The molecular weight excluding hydrogens is 132 g/mol. The van der Waals surface area contributed by atoms with Crippen LogP contribution in [0.1, 0.15) is 13.8 Å². The van der Waals surface area contributed by atoms with E-state index >= 15 is 0 Å². The van der Waals surface area contributed by atoms with E-state index in [1.165, 1.54) is 7.11 Å². The van der Waals surface area contributed by atoms with E-state index in [2.05, 4.69) is 4.74 Å². The molecule has 0 amide bonds. The van der Waals surface area contributed by atoms with Crippen molar-refractivity contribution in [2.75, 3.05) is 7.11 Å². The Hall–Kier alpha value is -0.570. The van der Waals surface area contributed by atoms with Gasteiger partial charge in [-0.05, 0) is 5.92 Å². The van der Waals surface area contributed by atoms with Crippen LogP contribution < -0.4 is 0 Å². The summed E-state index contributed by atoms with van der Waals surface area (Å²) >= 11 is 0. The molecule has 0 N–H and O–H groups in total. The molecule has 0 saturated carbocycles. The molecule has 2 atom stereocenters.